The van der Waals surface area contributed by atoms with Gasteiger partial charge in [0.05, 0.1) is 0 Å². The molecule has 0 aromatic heterocycles. The minimum absolute atomic E-state index is 0.225. The highest BCUT2D eigenvalue weighted by Gasteiger charge is 2.19. The summed E-state index contributed by atoms with van der Waals surface area (Å²) < 4.78 is 0. The highest BCUT2D eigenvalue weighted by atomic mass is 16.2. The first-order valence-electron chi connectivity index (χ1n) is 6.12. The van der Waals surface area contributed by atoms with Crippen LogP contribution < -0.4 is 5.73 Å². The summed E-state index contributed by atoms with van der Waals surface area (Å²) >= 11 is 0. The molecule has 0 unspecified atom stereocenters. The largest absolute Gasteiger partial charge is 0.345 e. The number of nitrogens with zero attached hydrogens (tertiary/aromatic N) is 1. The van der Waals surface area contributed by atoms with Crippen LogP contribution in [0.25, 0.3) is 0 Å². The number of amides is 1. The molecule has 3 heteroatoms. The minimum atomic E-state index is 0.225. The van der Waals surface area contributed by atoms with Crippen molar-refractivity contribution in [3.8, 4) is 0 Å². The lowest BCUT2D eigenvalue weighted by molar-refractivity contribution is -0.134. The number of hydrogen-bond acceptors (Lipinski definition) is 2. The minimum Gasteiger partial charge on any atom is -0.345 e. The molecular weight excluding hydrogens is 188 g/mol. The van der Waals surface area contributed by atoms with Gasteiger partial charge in [0.25, 0.3) is 0 Å². The van der Waals surface area contributed by atoms with Gasteiger partial charge in [-0.1, -0.05) is 26.7 Å². The molecule has 0 saturated carbocycles. The Morgan fingerprint density at radius 1 is 1.27 bits per heavy atom. The Kier molecular flexibility index (Phi) is 8.38. The summed E-state index contributed by atoms with van der Waals surface area (Å²) in [5.74, 6) is 0.523. The number of nitrogens with two attached hydrogens (primary N) is 1. The van der Waals surface area contributed by atoms with Gasteiger partial charge in [0.15, 0.2) is 0 Å². The normalized spacial score (nSPS) is 10.7. The Labute approximate surface area is 94.0 Å². The average Bonchev–Trinajstić information content (AvgIpc) is 2.24. The van der Waals surface area contributed by atoms with Gasteiger partial charge in [-0.05, 0) is 25.8 Å². The van der Waals surface area contributed by atoms with Gasteiger partial charge in [-0.3, -0.25) is 4.79 Å². The van der Waals surface area contributed by atoms with Crippen LogP contribution >= 0.6 is 0 Å². The highest BCUT2D eigenvalue weighted by Crippen LogP contribution is 2.16. The summed E-state index contributed by atoms with van der Waals surface area (Å²) in [6.07, 6.45) is 5.09. The topological polar surface area (TPSA) is 46.3 Å². The van der Waals surface area contributed by atoms with Crippen molar-refractivity contribution >= 4 is 5.91 Å². The van der Waals surface area contributed by atoms with Crippen molar-refractivity contribution in [3.05, 3.63) is 0 Å². The van der Waals surface area contributed by atoms with Crippen molar-refractivity contribution in [2.45, 2.75) is 46.0 Å². The van der Waals surface area contributed by atoms with Crippen LogP contribution in [-0.4, -0.2) is 30.9 Å². The molecule has 0 bridgehead atoms. The molecule has 0 fully saturated rings. The van der Waals surface area contributed by atoms with Crippen LogP contribution in [0.4, 0.5) is 0 Å². The van der Waals surface area contributed by atoms with Crippen molar-refractivity contribution in [1.82, 2.24) is 4.90 Å². The third-order valence-electron chi connectivity index (χ3n) is 2.70. The zero-order valence-electron chi connectivity index (χ0n) is 10.5. The molecule has 3 nitrogen and oxygen atoms in total. The lowest BCUT2D eigenvalue weighted by Gasteiger charge is -2.23. The fraction of sp³-hybridized carbons (Fsp3) is 0.917. The van der Waals surface area contributed by atoms with Crippen LogP contribution in [0.2, 0.25) is 0 Å². The SMILES string of the molecule is CCCC(CCC)C(=O)N(C)CCCN. The van der Waals surface area contributed by atoms with Crippen LogP contribution in [0, 0.1) is 5.92 Å². The molecule has 90 valence electrons. The first-order chi connectivity index (χ1) is 7.17. The smallest absolute Gasteiger partial charge is 0.225 e. The van der Waals surface area contributed by atoms with E-state index in [0.717, 1.165) is 38.6 Å². The predicted octanol–water partition coefficient (Wildman–Crippen LogP) is 2.01. The second-order valence-electron chi connectivity index (χ2n) is 4.18. The van der Waals surface area contributed by atoms with Crippen LogP contribution in [-0.2, 0) is 4.79 Å². The molecule has 0 atom stereocenters. The van der Waals surface area contributed by atoms with Gasteiger partial charge in [0.2, 0.25) is 5.91 Å². The van der Waals surface area contributed by atoms with Gasteiger partial charge in [0, 0.05) is 19.5 Å². The molecule has 0 heterocycles. The van der Waals surface area contributed by atoms with Crippen LogP contribution in [0.5, 0.6) is 0 Å². The van der Waals surface area contributed by atoms with Crippen molar-refractivity contribution in [2.24, 2.45) is 11.7 Å². The first-order valence-corrected chi connectivity index (χ1v) is 6.12. The molecule has 0 aliphatic rings. The van der Waals surface area contributed by atoms with Crippen LogP contribution in [0.1, 0.15) is 46.0 Å². The lowest BCUT2D eigenvalue weighted by Crippen LogP contribution is -2.34. The maximum Gasteiger partial charge on any atom is 0.225 e. The van der Waals surface area contributed by atoms with Crippen molar-refractivity contribution in [3.63, 3.8) is 0 Å². The van der Waals surface area contributed by atoms with E-state index in [4.69, 9.17) is 5.73 Å². The Bertz CT molecular complexity index is 165. The quantitative estimate of drug-likeness (QED) is 0.672. The van der Waals surface area contributed by atoms with Crippen LogP contribution in [0.15, 0.2) is 0 Å². The molecule has 0 spiro atoms. The van der Waals surface area contributed by atoms with E-state index in [0.29, 0.717) is 12.5 Å². The Morgan fingerprint density at radius 2 is 1.80 bits per heavy atom. The van der Waals surface area contributed by atoms with Crippen LogP contribution in [0.3, 0.4) is 0 Å². The van der Waals surface area contributed by atoms with E-state index in [1.807, 2.05) is 11.9 Å². The summed E-state index contributed by atoms with van der Waals surface area (Å²) in [7, 11) is 1.89. The fourth-order valence-corrected chi connectivity index (χ4v) is 1.84. The summed E-state index contributed by atoms with van der Waals surface area (Å²) in [4.78, 5) is 13.9. The molecule has 0 aliphatic carbocycles. The third kappa shape index (κ3) is 5.78. The zero-order chi connectivity index (χ0) is 11.7. The van der Waals surface area contributed by atoms with E-state index in [-0.39, 0.29) is 5.92 Å². The molecule has 0 aromatic rings. The maximum absolute atomic E-state index is 12.0. The third-order valence-corrected chi connectivity index (χ3v) is 2.70. The molecule has 2 N–H and O–H groups in total. The Hall–Kier alpha value is -0.570. The molecule has 0 saturated heterocycles. The average molecular weight is 214 g/mol. The second kappa shape index (κ2) is 8.72. The van der Waals surface area contributed by atoms with Gasteiger partial charge < -0.3 is 10.6 Å². The molecule has 0 rings (SSSR count). The number of carbonyl (C=O) groups is 1. The monoisotopic (exact) mass is 214 g/mol. The standard InChI is InChI=1S/C12H26N2O/c1-4-7-11(8-5-2)12(15)14(3)10-6-9-13/h11H,4-10,13H2,1-3H3. The Balaban J connectivity index is 4.08. The molecule has 0 aliphatic heterocycles. The van der Waals surface area contributed by atoms with Gasteiger partial charge >= 0.3 is 0 Å². The number of carbonyl (C=O) groups excluding carboxylic acids is 1. The van der Waals surface area contributed by atoms with Crippen molar-refractivity contribution in [1.29, 1.82) is 0 Å². The van der Waals surface area contributed by atoms with Gasteiger partial charge in [-0.2, -0.15) is 0 Å². The zero-order valence-corrected chi connectivity index (χ0v) is 10.5. The van der Waals surface area contributed by atoms with Gasteiger partial charge in [0.1, 0.15) is 0 Å². The summed E-state index contributed by atoms with van der Waals surface area (Å²) in [5.41, 5.74) is 5.43. The van der Waals surface area contributed by atoms with E-state index in [9.17, 15) is 4.79 Å². The number of rotatable bonds is 8. The fourth-order valence-electron chi connectivity index (χ4n) is 1.84. The maximum atomic E-state index is 12.0. The van der Waals surface area contributed by atoms with Crippen molar-refractivity contribution < 1.29 is 4.79 Å². The molecule has 1 amide bonds. The van der Waals surface area contributed by atoms with E-state index in [2.05, 4.69) is 13.8 Å². The molecule has 0 radical (unpaired) electrons. The summed E-state index contributed by atoms with van der Waals surface area (Å²) in [6.45, 7) is 5.72. The lowest BCUT2D eigenvalue weighted by atomic mass is 9.97. The molecular formula is C12H26N2O. The first kappa shape index (κ1) is 14.4. The predicted molar refractivity (Wildman–Crippen MR) is 64.6 cm³/mol. The molecule has 15 heavy (non-hydrogen) atoms. The van der Waals surface area contributed by atoms with Crippen molar-refractivity contribution in [2.75, 3.05) is 20.1 Å². The van der Waals surface area contributed by atoms with E-state index in [1.54, 1.807) is 0 Å². The Morgan fingerprint density at radius 3 is 2.20 bits per heavy atom. The second-order valence-corrected chi connectivity index (χ2v) is 4.18. The van der Waals surface area contributed by atoms with E-state index < -0.39 is 0 Å². The van der Waals surface area contributed by atoms with E-state index >= 15 is 0 Å². The van der Waals surface area contributed by atoms with E-state index in [1.165, 1.54) is 0 Å². The number of hydrogen-bond donors (Lipinski definition) is 1. The van der Waals surface area contributed by atoms with Gasteiger partial charge in [-0.25, -0.2) is 0 Å². The highest BCUT2D eigenvalue weighted by molar-refractivity contribution is 5.78. The van der Waals surface area contributed by atoms with Gasteiger partial charge in [-0.15, -0.1) is 0 Å². The molecule has 0 aromatic carbocycles. The summed E-state index contributed by atoms with van der Waals surface area (Å²) in [6, 6.07) is 0. The summed E-state index contributed by atoms with van der Waals surface area (Å²) in [5, 5.41) is 0.